The van der Waals surface area contributed by atoms with Crippen LogP contribution in [-0.4, -0.2) is 33.1 Å². The van der Waals surface area contributed by atoms with Gasteiger partial charge >= 0.3 is 0 Å². The van der Waals surface area contributed by atoms with Gasteiger partial charge in [-0.05, 0) is 61.0 Å². The molecule has 0 aliphatic carbocycles. The summed E-state index contributed by atoms with van der Waals surface area (Å²) in [6, 6.07) is 20.3. The number of nitrogens with zero attached hydrogens (tertiary/aromatic N) is 1. The van der Waals surface area contributed by atoms with Crippen molar-refractivity contribution in [3.8, 4) is 5.75 Å². The van der Waals surface area contributed by atoms with Gasteiger partial charge in [0.25, 0.3) is 5.91 Å². The van der Waals surface area contributed by atoms with E-state index in [0.29, 0.717) is 22.7 Å². The Balaban J connectivity index is 1.61. The van der Waals surface area contributed by atoms with E-state index >= 15 is 0 Å². The Bertz CT molecular complexity index is 1220. The summed E-state index contributed by atoms with van der Waals surface area (Å²) in [7, 11) is -3.51. The number of ether oxygens (including phenoxy) is 1. The van der Waals surface area contributed by atoms with Gasteiger partial charge in [0.15, 0.2) is 6.61 Å². The molecule has 3 aromatic rings. The van der Waals surface area contributed by atoms with Crippen LogP contribution in [0.25, 0.3) is 0 Å². The molecule has 9 heteroatoms. The van der Waals surface area contributed by atoms with Crippen LogP contribution in [0.5, 0.6) is 5.75 Å². The summed E-state index contributed by atoms with van der Waals surface area (Å²) in [4.78, 5) is 23.2. The molecule has 3 aromatic carbocycles. The maximum atomic E-state index is 12.4. The van der Waals surface area contributed by atoms with Crippen molar-refractivity contribution in [1.29, 1.82) is 0 Å². The third-order valence-corrected chi connectivity index (χ3v) is 5.94. The Morgan fingerprint density at radius 1 is 0.939 bits per heavy atom. The minimum atomic E-state index is -3.51. The number of hydrogen-bond donors (Lipinski definition) is 2. The number of primary amides is 1. The van der Waals surface area contributed by atoms with E-state index in [1.54, 1.807) is 36.4 Å². The first-order chi connectivity index (χ1) is 15.6. The van der Waals surface area contributed by atoms with Crippen LogP contribution in [0.4, 0.5) is 11.4 Å². The van der Waals surface area contributed by atoms with Crippen LogP contribution in [0.1, 0.15) is 21.5 Å². The van der Waals surface area contributed by atoms with Gasteiger partial charge in [-0.15, -0.1) is 0 Å². The number of carbonyl (C=O) groups is 2. The number of hydrogen-bond acceptors (Lipinski definition) is 5. The van der Waals surface area contributed by atoms with E-state index < -0.39 is 15.9 Å². The molecule has 0 atom stereocenters. The van der Waals surface area contributed by atoms with Gasteiger partial charge in [-0.2, -0.15) is 0 Å². The van der Waals surface area contributed by atoms with Gasteiger partial charge in [0, 0.05) is 11.3 Å². The van der Waals surface area contributed by atoms with E-state index in [0.717, 1.165) is 17.4 Å². The third-order valence-electron chi connectivity index (χ3n) is 4.79. The molecule has 0 radical (unpaired) electrons. The summed E-state index contributed by atoms with van der Waals surface area (Å²) in [5, 5.41) is 2.66. The standard InChI is InChI=1S/C24H25N3O5S/c1-17-3-5-18(6-4-17)15-27(33(2,30)31)21-11-13-22(14-12-21)32-16-23(28)26-20-9-7-19(8-10-20)24(25)29/h3-14H,15-16H2,1-2H3,(H2,25,29)(H,26,28). The highest BCUT2D eigenvalue weighted by atomic mass is 32.2. The predicted molar refractivity (Wildman–Crippen MR) is 128 cm³/mol. The van der Waals surface area contributed by atoms with Gasteiger partial charge in [-0.3, -0.25) is 13.9 Å². The lowest BCUT2D eigenvalue weighted by Gasteiger charge is -2.23. The van der Waals surface area contributed by atoms with Crippen molar-refractivity contribution in [2.24, 2.45) is 5.73 Å². The van der Waals surface area contributed by atoms with Crippen molar-refractivity contribution < 1.29 is 22.7 Å². The molecule has 3 rings (SSSR count). The molecular formula is C24H25N3O5S. The Morgan fingerprint density at radius 3 is 2.09 bits per heavy atom. The molecule has 0 spiro atoms. The first-order valence-corrected chi connectivity index (χ1v) is 11.9. The predicted octanol–water partition coefficient (Wildman–Crippen LogP) is 3.08. The zero-order valence-electron chi connectivity index (χ0n) is 18.3. The van der Waals surface area contributed by atoms with Crippen molar-refractivity contribution >= 4 is 33.2 Å². The molecule has 0 unspecified atom stereocenters. The second-order valence-corrected chi connectivity index (χ2v) is 9.43. The third kappa shape index (κ3) is 6.81. The molecule has 172 valence electrons. The average Bonchev–Trinajstić information content (AvgIpc) is 2.77. The lowest BCUT2D eigenvalue weighted by Crippen LogP contribution is -2.29. The summed E-state index contributed by atoms with van der Waals surface area (Å²) in [5.41, 5.74) is 8.49. The van der Waals surface area contributed by atoms with E-state index in [4.69, 9.17) is 10.5 Å². The van der Waals surface area contributed by atoms with Crippen LogP contribution in [0.3, 0.4) is 0 Å². The van der Waals surface area contributed by atoms with Gasteiger partial charge in [0.2, 0.25) is 15.9 Å². The highest BCUT2D eigenvalue weighted by Gasteiger charge is 2.18. The van der Waals surface area contributed by atoms with Gasteiger partial charge in [0.1, 0.15) is 5.75 Å². The fourth-order valence-electron chi connectivity index (χ4n) is 3.03. The summed E-state index contributed by atoms with van der Waals surface area (Å²) in [5.74, 6) is -0.516. The van der Waals surface area contributed by atoms with E-state index in [-0.39, 0.29) is 19.1 Å². The normalized spacial score (nSPS) is 11.0. The first kappa shape index (κ1) is 23.8. The largest absolute Gasteiger partial charge is 0.484 e. The lowest BCUT2D eigenvalue weighted by molar-refractivity contribution is -0.118. The van der Waals surface area contributed by atoms with Crippen LogP contribution in [0.2, 0.25) is 0 Å². The highest BCUT2D eigenvalue weighted by molar-refractivity contribution is 7.92. The molecule has 0 aliphatic rings. The molecule has 0 bridgehead atoms. The number of aryl methyl sites for hydroxylation is 1. The van der Waals surface area contributed by atoms with E-state index in [1.807, 2.05) is 31.2 Å². The average molecular weight is 468 g/mol. The van der Waals surface area contributed by atoms with Crippen LogP contribution in [-0.2, 0) is 21.4 Å². The molecule has 8 nitrogen and oxygen atoms in total. The van der Waals surface area contributed by atoms with Crippen molar-refractivity contribution in [2.45, 2.75) is 13.5 Å². The zero-order valence-corrected chi connectivity index (χ0v) is 19.1. The molecule has 0 heterocycles. The van der Waals surface area contributed by atoms with Crippen LogP contribution in [0, 0.1) is 6.92 Å². The van der Waals surface area contributed by atoms with Crippen molar-refractivity contribution in [1.82, 2.24) is 0 Å². The van der Waals surface area contributed by atoms with Gasteiger partial charge < -0.3 is 15.8 Å². The van der Waals surface area contributed by atoms with Gasteiger partial charge in [-0.25, -0.2) is 8.42 Å². The number of anilines is 2. The topological polar surface area (TPSA) is 119 Å². The van der Waals surface area contributed by atoms with E-state index in [9.17, 15) is 18.0 Å². The van der Waals surface area contributed by atoms with Gasteiger partial charge in [-0.1, -0.05) is 29.8 Å². The van der Waals surface area contributed by atoms with Crippen LogP contribution >= 0.6 is 0 Å². The zero-order chi connectivity index (χ0) is 24.0. The Kier molecular flexibility index (Phi) is 7.34. The van der Waals surface area contributed by atoms with E-state index in [2.05, 4.69) is 5.32 Å². The summed E-state index contributed by atoms with van der Waals surface area (Å²) < 4.78 is 31.5. The number of carbonyl (C=O) groups excluding carboxylic acids is 2. The SMILES string of the molecule is Cc1ccc(CN(c2ccc(OCC(=O)Nc3ccc(C(N)=O)cc3)cc2)S(C)(=O)=O)cc1. The maximum absolute atomic E-state index is 12.4. The number of nitrogens with one attached hydrogen (secondary N) is 1. The quantitative estimate of drug-likeness (QED) is 0.501. The number of rotatable bonds is 9. The molecule has 2 amide bonds. The number of nitrogens with two attached hydrogens (primary N) is 1. The summed E-state index contributed by atoms with van der Waals surface area (Å²) in [6.45, 7) is 1.93. The molecule has 0 saturated heterocycles. The van der Waals surface area contributed by atoms with Crippen LogP contribution in [0.15, 0.2) is 72.8 Å². The first-order valence-electron chi connectivity index (χ1n) is 10.1. The second kappa shape index (κ2) is 10.2. The minimum Gasteiger partial charge on any atom is -0.484 e. The fourth-order valence-corrected chi connectivity index (χ4v) is 3.92. The highest BCUT2D eigenvalue weighted by Crippen LogP contribution is 2.24. The second-order valence-electron chi connectivity index (χ2n) is 7.53. The Morgan fingerprint density at radius 2 is 1.55 bits per heavy atom. The Hall–Kier alpha value is -3.85. The lowest BCUT2D eigenvalue weighted by atomic mass is 10.1. The molecular weight excluding hydrogens is 442 g/mol. The van der Waals surface area contributed by atoms with Crippen LogP contribution < -0.4 is 20.1 Å². The molecule has 3 N–H and O–H groups in total. The smallest absolute Gasteiger partial charge is 0.262 e. The Labute approximate surface area is 193 Å². The monoisotopic (exact) mass is 467 g/mol. The minimum absolute atomic E-state index is 0.205. The molecule has 33 heavy (non-hydrogen) atoms. The fraction of sp³-hybridized carbons (Fsp3) is 0.167. The van der Waals surface area contributed by atoms with Crippen molar-refractivity contribution in [3.63, 3.8) is 0 Å². The maximum Gasteiger partial charge on any atom is 0.262 e. The van der Waals surface area contributed by atoms with Gasteiger partial charge in [0.05, 0.1) is 18.5 Å². The molecule has 0 aromatic heterocycles. The molecule has 0 saturated carbocycles. The number of sulfonamides is 1. The summed E-state index contributed by atoms with van der Waals surface area (Å²) >= 11 is 0. The molecule has 0 aliphatic heterocycles. The summed E-state index contributed by atoms with van der Waals surface area (Å²) in [6.07, 6.45) is 1.16. The van der Waals surface area contributed by atoms with E-state index in [1.165, 1.54) is 16.4 Å². The molecule has 0 fully saturated rings. The number of amides is 2. The number of benzene rings is 3. The van der Waals surface area contributed by atoms with Crippen molar-refractivity contribution in [3.05, 3.63) is 89.5 Å². The van der Waals surface area contributed by atoms with Crippen molar-refractivity contribution in [2.75, 3.05) is 22.5 Å².